The Morgan fingerprint density at radius 1 is 1.86 bits per heavy atom. The molecular weight excluding hydrogens is 90.1 g/mol. The average Bonchev–Trinajstić information content (AvgIpc) is 1.98. The Balaban J connectivity index is 3.20. The minimum Gasteiger partial charge on any atom is -0.393 e. The van der Waals surface area contributed by atoms with Crippen LogP contribution in [0.4, 0.5) is 0 Å². The van der Waals surface area contributed by atoms with E-state index in [4.69, 9.17) is 9.60 Å². The number of hydrogen-bond acceptors (Lipinski definition) is 2. The third-order valence-electron chi connectivity index (χ3n) is 0.614. The summed E-state index contributed by atoms with van der Waals surface area (Å²) < 4.78 is 50.5. The van der Waals surface area contributed by atoms with Crippen molar-refractivity contribution in [2.75, 3.05) is 13.0 Å². The first-order valence-corrected chi connectivity index (χ1v) is 1.93. The van der Waals surface area contributed by atoms with Crippen LogP contribution >= 0.6 is 0 Å². The van der Waals surface area contributed by atoms with Gasteiger partial charge >= 0.3 is 0 Å². The minimum atomic E-state index is -3.12. The fraction of sp³-hybridized carbons (Fsp3) is 1.00. The molecule has 1 aliphatic heterocycles. The molecule has 0 aromatic rings. The standard InChI is InChI=1S/C5H11NO/c7-5-1-3-6-4-2-5/h5-7H,1-4H2/i1D2,2D2,3D2,5D. The third kappa shape index (κ3) is 1.45. The van der Waals surface area contributed by atoms with Gasteiger partial charge in [-0.05, 0) is 25.8 Å². The second-order valence-electron chi connectivity index (χ2n) is 1.13. The van der Waals surface area contributed by atoms with Crippen LogP contribution in [-0.2, 0) is 0 Å². The Labute approximate surface area is 53.4 Å². The van der Waals surface area contributed by atoms with Crippen LogP contribution in [0.1, 0.15) is 22.3 Å². The zero-order valence-corrected chi connectivity index (χ0v) is 3.65. The van der Waals surface area contributed by atoms with Crippen LogP contribution in [0, 0.1) is 0 Å². The largest absolute Gasteiger partial charge is 0.393 e. The predicted molar refractivity (Wildman–Crippen MR) is 28.1 cm³/mol. The lowest BCUT2D eigenvalue weighted by molar-refractivity contribution is 0.137. The number of hydrogen-bond donors (Lipinski definition) is 2. The topological polar surface area (TPSA) is 32.3 Å². The summed E-state index contributed by atoms with van der Waals surface area (Å²) in [5.74, 6) is 0. The Morgan fingerprint density at radius 3 is 3.43 bits per heavy atom. The van der Waals surface area contributed by atoms with Gasteiger partial charge in [0, 0.05) is 8.22 Å². The molecule has 0 radical (unpaired) electrons. The number of rotatable bonds is 0. The normalized spacial score (nSPS) is 79.9. The van der Waals surface area contributed by atoms with E-state index in [0.29, 0.717) is 0 Å². The van der Waals surface area contributed by atoms with Gasteiger partial charge in [-0.25, -0.2) is 0 Å². The van der Waals surface area contributed by atoms with Crippen molar-refractivity contribution in [3.05, 3.63) is 0 Å². The first-order chi connectivity index (χ1) is 5.96. The van der Waals surface area contributed by atoms with Crippen LogP contribution in [0.25, 0.3) is 0 Å². The molecule has 1 heterocycles. The molecule has 1 rings (SSSR count). The van der Waals surface area contributed by atoms with Gasteiger partial charge in [0.25, 0.3) is 0 Å². The van der Waals surface area contributed by atoms with Gasteiger partial charge in [0.05, 0.1) is 7.45 Å². The van der Waals surface area contributed by atoms with Gasteiger partial charge in [-0.2, -0.15) is 0 Å². The van der Waals surface area contributed by atoms with E-state index < -0.39 is 31.9 Å². The van der Waals surface area contributed by atoms with Gasteiger partial charge in [0.1, 0.15) is 0 Å². The Bertz CT molecular complexity index is 224. The zero-order valence-electron chi connectivity index (χ0n) is 10.7. The number of nitrogens with one attached hydrogen (secondary N) is 1. The first kappa shape index (κ1) is 1.25. The lowest BCUT2D eigenvalue weighted by atomic mass is 10.1. The molecule has 0 bridgehead atoms. The molecule has 0 aromatic heterocycles. The van der Waals surface area contributed by atoms with E-state index in [1.807, 2.05) is 5.32 Å². The first-order valence-electron chi connectivity index (χ1n) is 5.43. The Morgan fingerprint density at radius 2 is 2.71 bits per heavy atom. The van der Waals surface area contributed by atoms with Gasteiger partial charge in [0.15, 0.2) is 0 Å². The van der Waals surface area contributed by atoms with Crippen molar-refractivity contribution in [1.82, 2.24) is 5.32 Å². The fourth-order valence-electron chi connectivity index (χ4n) is 0.320. The van der Waals surface area contributed by atoms with Crippen molar-refractivity contribution < 1.29 is 14.7 Å². The van der Waals surface area contributed by atoms with Crippen molar-refractivity contribution in [2.24, 2.45) is 0 Å². The molecule has 0 saturated carbocycles. The van der Waals surface area contributed by atoms with Crippen LogP contribution < -0.4 is 5.32 Å². The van der Waals surface area contributed by atoms with Crippen molar-refractivity contribution in [2.45, 2.75) is 18.8 Å². The molecule has 2 heteroatoms. The van der Waals surface area contributed by atoms with E-state index in [1.54, 1.807) is 0 Å². The average molecular weight is 108 g/mol. The van der Waals surface area contributed by atoms with Gasteiger partial charge in [-0.15, -0.1) is 0 Å². The Kier molecular flexibility index (Phi) is 0.408. The fourth-order valence-corrected chi connectivity index (χ4v) is 0.320. The maximum absolute atomic E-state index is 9.40. The van der Waals surface area contributed by atoms with Crippen molar-refractivity contribution >= 4 is 0 Å². The SMILES string of the molecule is [2H]C1([2H])CNC([2H])([2H])C([2H])([2H])C1([2H])O. The van der Waals surface area contributed by atoms with E-state index in [2.05, 4.69) is 0 Å². The Hall–Kier alpha value is -0.0800. The smallest absolute Gasteiger partial charge is 0.0601 e. The molecular formula is C5H11NO. The highest BCUT2D eigenvalue weighted by molar-refractivity contribution is 4.65. The van der Waals surface area contributed by atoms with E-state index in [-0.39, 0.29) is 0 Å². The van der Waals surface area contributed by atoms with Crippen molar-refractivity contribution in [1.29, 1.82) is 0 Å². The summed E-state index contributed by atoms with van der Waals surface area (Å²) in [7, 11) is 0. The van der Waals surface area contributed by atoms with Gasteiger partial charge in [-0.3, -0.25) is 0 Å². The monoisotopic (exact) mass is 108 g/mol. The molecule has 0 aromatic carbocycles. The molecule has 2 N–H and O–H groups in total. The van der Waals surface area contributed by atoms with Crippen LogP contribution in [0.2, 0.25) is 0 Å². The van der Waals surface area contributed by atoms with E-state index in [9.17, 15) is 5.11 Å². The van der Waals surface area contributed by atoms with Gasteiger partial charge in [0.2, 0.25) is 0 Å². The summed E-state index contributed by atoms with van der Waals surface area (Å²) in [4.78, 5) is 0. The molecule has 1 atom stereocenters. The summed E-state index contributed by atoms with van der Waals surface area (Å²) in [6.45, 7) is -3.24. The summed E-state index contributed by atoms with van der Waals surface area (Å²) in [6, 6.07) is 0. The van der Waals surface area contributed by atoms with Gasteiger partial charge < -0.3 is 10.4 Å². The van der Waals surface area contributed by atoms with E-state index in [0.717, 1.165) is 0 Å². The molecule has 0 amide bonds. The van der Waals surface area contributed by atoms with Crippen LogP contribution in [-0.4, -0.2) is 24.2 Å². The van der Waals surface area contributed by atoms with E-state index >= 15 is 0 Å². The molecule has 7 heavy (non-hydrogen) atoms. The number of piperidine rings is 1. The molecule has 1 aliphatic rings. The molecule has 1 unspecified atom stereocenters. The molecule has 1 fully saturated rings. The summed E-state index contributed by atoms with van der Waals surface area (Å²) in [5.41, 5.74) is 0. The maximum Gasteiger partial charge on any atom is 0.0601 e. The summed E-state index contributed by atoms with van der Waals surface area (Å²) in [6.07, 6.45) is -8.68. The van der Waals surface area contributed by atoms with Crippen molar-refractivity contribution in [3.63, 3.8) is 0 Å². The van der Waals surface area contributed by atoms with E-state index in [1.165, 1.54) is 0 Å². The molecule has 0 spiro atoms. The maximum atomic E-state index is 9.40. The molecule has 1 saturated heterocycles. The highest BCUT2D eigenvalue weighted by Crippen LogP contribution is 1.99. The van der Waals surface area contributed by atoms with Crippen LogP contribution in [0.15, 0.2) is 0 Å². The lowest BCUT2D eigenvalue weighted by Crippen LogP contribution is -2.30. The van der Waals surface area contributed by atoms with Crippen LogP contribution in [0.3, 0.4) is 0 Å². The van der Waals surface area contributed by atoms with Gasteiger partial charge in [-0.1, -0.05) is 0 Å². The molecule has 42 valence electrons. The number of aliphatic hydroxyl groups is 1. The highest BCUT2D eigenvalue weighted by Gasteiger charge is 2.06. The summed E-state index contributed by atoms with van der Waals surface area (Å²) in [5, 5.41) is 11.4. The minimum absolute atomic E-state index is 0.612. The second kappa shape index (κ2) is 2.28. The van der Waals surface area contributed by atoms with Crippen LogP contribution in [0.5, 0.6) is 0 Å². The summed E-state index contributed by atoms with van der Waals surface area (Å²) >= 11 is 0. The second-order valence-corrected chi connectivity index (χ2v) is 1.13. The lowest BCUT2D eigenvalue weighted by Gasteiger charge is -2.16. The predicted octanol–water partition coefficient (Wildman–Crippen LogP) is -0.269. The zero-order chi connectivity index (χ0) is 11.4. The highest BCUT2D eigenvalue weighted by atomic mass is 16.3. The third-order valence-corrected chi connectivity index (χ3v) is 0.614. The molecule has 2 nitrogen and oxygen atoms in total. The van der Waals surface area contributed by atoms with Crippen molar-refractivity contribution in [3.8, 4) is 0 Å². The molecule has 0 aliphatic carbocycles. The quantitative estimate of drug-likeness (QED) is 0.448.